The van der Waals surface area contributed by atoms with Crippen LogP contribution in [0.25, 0.3) is 0 Å². The number of benzene rings is 1. The van der Waals surface area contributed by atoms with Crippen LogP contribution in [0.2, 0.25) is 0 Å². The summed E-state index contributed by atoms with van der Waals surface area (Å²) in [4.78, 5) is 26.8. The van der Waals surface area contributed by atoms with Gasteiger partial charge in [0.2, 0.25) is 11.8 Å². The summed E-state index contributed by atoms with van der Waals surface area (Å²) >= 11 is 0. The molecule has 30 heavy (non-hydrogen) atoms. The van der Waals surface area contributed by atoms with Crippen LogP contribution in [0.3, 0.4) is 0 Å². The SMILES string of the molecule is CC(C)NC(=O)C[C@@H]1CCN2C[C@H]1[C@@H](O)[C@@H](O)COc1ccccc1CNCC2=O. The molecule has 2 aliphatic heterocycles. The monoisotopic (exact) mass is 419 g/mol. The number of nitrogens with one attached hydrogen (secondary N) is 2. The van der Waals surface area contributed by atoms with Crippen molar-refractivity contribution in [3.05, 3.63) is 29.8 Å². The molecule has 2 heterocycles. The summed E-state index contributed by atoms with van der Waals surface area (Å²) in [5, 5.41) is 27.6. The highest BCUT2D eigenvalue weighted by molar-refractivity contribution is 5.79. The lowest BCUT2D eigenvalue weighted by molar-refractivity contribution is -0.137. The minimum Gasteiger partial charge on any atom is -0.490 e. The van der Waals surface area contributed by atoms with Crippen LogP contribution in [0.1, 0.15) is 32.3 Å². The van der Waals surface area contributed by atoms with Gasteiger partial charge in [0.05, 0.1) is 12.6 Å². The molecular formula is C22H33N3O5. The van der Waals surface area contributed by atoms with E-state index in [0.717, 1.165) is 5.56 Å². The molecule has 8 heteroatoms. The van der Waals surface area contributed by atoms with Crippen LogP contribution < -0.4 is 15.4 Å². The highest BCUT2D eigenvalue weighted by Gasteiger charge is 2.39. The zero-order valence-corrected chi connectivity index (χ0v) is 17.7. The molecule has 4 atom stereocenters. The maximum atomic E-state index is 12.7. The van der Waals surface area contributed by atoms with E-state index in [9.17, 15) is 19.8 Å². The van der Waals surface area contributed by atoms with Crippen LogP contribution in [0.5, 0.6) is 5.75 Å². The van der Waals surface area contributed by atoms with E-state index in [2.05, 4.69) is 10.6 Å². The fraction of sp³-hybridized carbons (Fsp3) is 0.636. The number of fused-ring (bicyclic) bond motifs is 3. The Balaban J connectivity index is 1.79. The van der Waals surface area contributed by atoms with Crippen LogP contribution in [-0.2, 0) is 16.1 Å². The van der Waals surface area contributed by atoms with Gasteiger partial charge in [-0.25, -0.2) is 0 Å². The first kappa shape index (κ1) is 22.5. The van der Waals surface area contributed by atoms with Crippen molar-refractivity contribution in [2.75, 3.05) is 26.2 Å². The predicted octanol–water partition coefficient (Wildman–Crippen LogP) is 0.270. The normalized spacial score (nSPS) is 27.9. The largest absolute Gasteiger partial charge is 0.490 e. The molecule has 0 aromatic heterocycles. The Bertz CT molecular complexity index is 741. The summed E-state index contributed by atoms with van der Waals surface area (Å²) in [6.07, 6.45) is -1.36. The molecular weight excluding hydrogens is 386 g/mol. The fourth-order valence-corrected chi connectivity index (χ4v) is 4.28. The lowest BCUT2D eigenvalue weighted by atomic mass is 9.78. The number of aliphatic hydroxyl groups excluding tert-OH is 2. The summed E-state index contributed by atoms with van der Waals surface area (Å²) in [5.41, 5.74) is 0.882. The number of aliphatic hydroxyl groups is 2. The molecule has 1 aromatic rings. The molecule has 8 nitrogen and oxygen atoms in total. The minimum absolute atomic E-state index is 0.0364. The summed E-state index contributed by atoms with van der Waals surface area (Å²) in [7, 11) is 0. The minimum atomic E-state index is -1.12. The van der Waals surface area contributed by atoms with Crippen molar-refractivity contribution in [2.45, 2.75) is 51.5 Å². The van der Waals surface area contributed by atoms with Crippen LogP contribution >= 0.6 is 0 Å². The number of carbonyl (C=O) groups excluding carboxylic acids is 2. The molecule has 0 aliphatic carbocycles. The van der Waals surface area contributed by atoms with Gasteiger partial charge in [0.15, 0.2) is 0 Å². The van der Waals surface area contributed by atoms with E-state index < -0.39 is 18.1 Å². The number of amides is 2. The average molecular weight is 420 g/mol. The second kappa shape index (κ2) is 10.2. The van der Waals surface area contributed by atoms with E-state index >= 15 is 0 Å². The number of hydrogen-bond acceptors (Lipinski definition) is 6. The van der Waals surface area contributed by atoms with Crippen molar-refractivity contribution >= 4 is 11.8 Å². The van der Waals surface area contributed by atoms with Gasteiger partial charge in [-0.2, -0.15) is 0 Å². The second-order valence-electron chi connectivity index (χ2n) is 8.56. The highest BCUT2D eigenvalue weighted by atomic mass is 16.5. The molecule has 1 saturated heterocycles. The third-order valence-corrected chi connectivity index (χ3v) is 5.86. The first-order valence-electron chi connectivity index (χ1n) is 10.7. The van der Waals surface area contributed by atoms with Crippen molar-refractivity contribution in [2.24, 2.45) is 11.8 Å². The van der Waals surface area contributed by atoms with Gasteiger partial charge >= 0.3 is 0 Å². The first-order valence-corrected chi connectivity index (χ1v) is 10.7. The van der Waals surface area contributed by atoms with Crippen molar-refractivity contribution in [3.63, 3.8) is 0 Å². The number of rotatable bonds is 3. The molecule has 2 aliphatic rings. The Morgan fingerprint density at radius 3 is 2.83 bits per heavy atom. The lowest BCUT2D eigenvalue weighted by Crippen LogP contribution is -2.53. The molecule has 1 aromatic carbocycles. The van der Waals surface area contributed by atoms with E-state index in [1.807, 2.05) is 32.0 Å². The van der Waals surface area contributed by atoms with Crippen LogP contribution in [0.4, 0.5) is 0 Å². The summed E-state index contributed by atoms with van der Waals surface area (Å²) in [6, 6.07) is 7.47. The van der Waals surface area contributed by atoms with Gasteiger partial charge in [-0.3, -0.25) is 9.59 Å². The summed E-state index contributed by atoms with van der Waals surface area (Å²) in [5.74, 6) is -0.0484. The number of piperidine rings is 1. The standard InChI is InChI=1S/C22H33N3O5/c1-14(2)24-20(27)9-15-7-8-25-12-17(15)22(29)18(26)13-30-19-6-4-3-5-16(19)10-23-11-21(25)28/h3-6,14-15,17-18,22-23,26,29H,7-13H2,1-2H3,(H,24,27)/t15-,17+,18-,22+/m0/s1. The Morgan fingerprint density at radius 2 is 2.07 bits per heavy atom. The van der Waals surface area contributed by atoms with Crippen molar-refractivity contribution in [1.82, 2.24) is 15.5 Å². The molecule has 3 rings (SSSR count). The number of ether oxygens (including phenoxy) is 1. The second-order valence-corrected chi connectivity index (χ2v) is 8.56. The maximum Gasteiger partial charge on any atom is 0.236 e. The van der Waals surface area contributed by atoms with E-state index in [0.29, 0.717) is 31.8 Å². The zero-order chi connectivity index (χ0) is 21.7. The van der Waals surface area contributed by atoms with Crippen molar-refractivity contribution < 1.29 is 24.5 Å². The predicted molar refractivity (Wildman–Crippen MR) is 112 cm³/mol. The van der Waals surface area contributed by atoms with Gasteiger partial charge in [0, 0.05) is 43.6 Å². The topological polar surface area (TPSA) is 111 Å². The molecule has 2 amide bonds. The van der Waals surface area contributed by atoms with Crippen LogP contribution in [0, 0.1) is 11.8 Å². The number of hydrogen-bond donors (Lipinski definition) is 4. The van der Waals surface area contributed by atoms with Gasteiger partial charge in [-0.1, -0.05) is 18.2 Å². The van der Waals surface area contributed by atoms with E-state index in [1.165, 1.54) is 0 Å². The summed E-state index contributed by atoms with van der Waals surface area (Å²) < 4.78 is 5.79. The van der Waals surface area contributed by atoms with Gasteiger partial charge < -0.3 is 30.5 Å². The molecule has 2 bridgehead atoms. The zero-order valence-electron chi connectivity index (χ0n) is 17.7. The Hall–Kier alpha value is -2.16. The lowest BCUT2D eigenvalue weighted by Gasteiger charge is -2.41. The Labute approximate surface area is 177 Å². The van der Waals surface area contributed by atoms with E-state index in [-0.39, 0.29) is 43.3 Å². The molecule has 4 N–H and O–H groups in total. The molecule has 0 radical (unpaired) electrons. The van der Waals surface area contributed by atoms with E-state index in [1.54, 1.807) is 11.0 Å². The van der Waals surface area contributed by atoms with Gasteiger partial charge in [-0.05, 0) is 32.3 Å². The van der Waals surface area contributed by atoms with E-state index in [4.69, 9.17) is 4.74 Å². The molecule has 0 spiro atoms. The fourth-order valence-electron chi connectivity index (χ4n) is 4.28. The number of para-hydroxylation sites is 1. The van der Waals surface area contributed by atoms with Gasteiger partial charge in [0.25, 0.3) is 0 Å². The maximum absolute atomic E-state index is 12.7. The third-order valence-electron chi connectivity index (χ3n) is 5.86. The quantitative estimate of drug-likeness (QED) is 0.560. The van der Waals surface area contributed by atoms with Crippen LogP contribution in [0.15, 0.2) is 24.3 Å². The highest BCUT2D eigenvalue weighted by Crippen LogP contribution is 2.31. The van der Waals surface area contributed by atoms with Gasteiger partial charge in [0.1, 0.15) is 18.5 Å². The van der Waals surface area contributed by atoms with Crippen LogP contribution in [-0.4, -0.2) is 71.4 Å². The summed E-state index contributed by atoms with van der Waals surface area (Å²) in [6.45, 7) is 5.23. The number of nitrogens with zero attached hydrogens (tertiary/aromatic N) is 1. The Kier molecular flexibility index (Phi) is 7.69. The van der Waals surface area contributed by atoms with Gasteiger partial charge in [-0.15, -0.1) is 0 Å². The first-order chi connectivity index (χ1) is 14.3. The smallest absolute Gasteiger partial charge is 0.236 e. The molecule has 1 fully saturated rings. The average Bonchev–Trinajstić information content (AvgIpc) is 2.71. The number of carbonyl (C=O) groups is 2. The van der Waals surface area contributed by atoms with Crippen molar-refractivity contribution in [3.8, 4) is 5.75 Å². The van der Waals surface area contributed by atoms with Crippen molar-refractivity contribution in [1.29, 1.82) is 0 Å². The molecule has 166 valence electrons. The molecule has 0 saturated carbocycles. The molecule has 0 unspecified atom stereocenters. The Morgan fingerprint density at radius 1 is 1.30 bits per heavy atom. The third kappa shape index (κ3) is 5.71.